The molecule has 8 rings (SSSR count). The van der Waals surface area contributed by atoms with E-state index in [4.69, 9.17) is 33.0 Å². The van der Waals surface area contributed by atoms with Gasteiger partial charge in [0.2, 0.25) is 35.2 Å². The number of hydrogen-bond donors (Lipinski definition) is 0. The van der Waals surface area contributed by atoms with Crippen molar-refractivity contribution in [3.8, 4) is 45.8 Å². The SMILES string of the molecule is COc1ccc(-c2noc(C3CCN(Cc4ccc(N5CC(C(=O)N6CCC(c7nc(-c8ccc(OC)c(OC)c8)no7)CC6)CC5=O)cc4)CC3)n2)cc1OC. The summed E-state index contributed by atoms with van der Waals surface area (Å²) in [6.07, 6.45) is 3.46. The quantitative estimate of drug-likeness (QED) is 0.146. The Morgan fingerprint density at radius 1 is 0.684 bits per heavy atom. The Balaban J connectivity index is 0.798. The molecule has 2 amide bonds. The van der Waals surface area contributed by atoms with Gasteiger partial charge in [0.15, 0.2) is 23.0 Å². The van der Waals surface area contributed by atoms with Crippen LogP contribution in [0.1, 0.15) is 61.3 Å². The summed E-state index contributed by atoms with van der Waals surface area (Å²) in [5, 5.41) is 8.43. The number of benzene rings is 3. The number of methoxy groups -OCH3 is 4. The van der Waals surface area contributed by atoms with E-state index >= 15 is 0 Å². The maximum absolute atomic E-state index is 13.6. The lowest BCUT2D eigenvalue weighted by molar-refractivity contribution is -0.136. The number of anilines is 1. The topological polar surface area (TPSA) is 159 Å². The number of carbonyl (C=O) groups is 2. The van der Waals surface area contributed by atoms with Gasteiger partial charge in [0.1, 0.15) is 0 Å². The molecule has 0 bridgehead atoms. The van der Waals surface area contributed by atoms with Gasteiger partial charge >= 0.3 is 0 Å². The maximum Gasteiger partial charge on any atom is 0.230 e. The molecule has 57 heavy (non-hydrogen) atoms. The van der Waals surface area contributed by atoms with E-state index in [1.54, 1.807) is 33.3 Å². The third-order valence-corrected chi connectivity index (χ3v) is 11.4. The molecule has 2 aromatic heterocycles. The van der Waals surface area contributed by atoms with Gasteiger partial charge in [-0.25, -0.2) is 0 Å². The average molecular weight is 778 g/mol. The molecule has 15 nitrogen and oxygen atoms in total. The number of piperidine rings is 2. The second-order valence-corrected chi connectivity index (χ2v) is 14.8. The molecule has 0 saturated carbocycles. The third kappa shape index (κ3) is 8.01. The van der Waals surface area contributed by atoms with E-state index in [9.17, 15) is 9.59 Å². The second kappa shape index (κ2) is 16.6. The van der Waals surface area contributed by atoms with Crippen LogP contribution in [0.5, 0.6) is 23.0 Å². The third-order valence-electron chi connectivity index (χ3n) is 11.4. The lowest BCUT2D eigenvalue weighted by atomic mass is 9.95. The predicted octanol–water partition coefficient (Wildman–Crippen LogP) is 5.96. The number of amides is 2. The Hall–Kier alpha value is -5.96. The molecule has 3 aliphatic heterocycles. The normalized spacial score (nSPS) is 18.2. The van der Waals surface area contributed by atoms with Gasteiger partial charge in [0, 0.05) is 61.2 Å². The first-order valence-corrected chi connectivity index (χ1v) is 19.4. The standard InChI is InChI=1S/C42H47N7O8/c1-52-33-11-7-29(21-35(33)54-3)38-43-40(56-45-38)27-13-17-47(18-14-27)24-26-5-9-32(10-6-26)49-25-31(23-37(49)50)42(51)48-19-15-28(16-20-48)41-44-39(46-57-41)30-8-12-34(53-2)36(22-30)55-4/h5-12,21-22,27-28,31H,13-20,23-25H2,1-4H3. The van der Waals surface area contributed by atoms with Crippen molar-refractivity contribution in [3.63, 3.8) is 0 Å². The number of ether oxygens (including phenoxy) is 4. The molecule has 3 aromatic carbocycles. The minimum atomic E-state index is -0.371. The molecule has 5 heterocycles. The van der Waals surface area contributed by atoms with E-state index in [1.807, 2.05) is 53.4 Å². The van der Waals surface area contributed by atoms with Crippen molar-refractivity contribution in [1.29, 1.82) is 0 Å². The number of aromatic nitrogens is 4. The van der Waals surface area contributed by atoms with E-state index in [0.29, 0.717) is 78.9 Å². The van der Waals surface area contributed by atoms with Crippen LogP contribution in [0.3, 0.4) is 0 Å². The van der Waals surface area contributed by atoms with Crippen LogP contribution in [0, 0.1) is 5.92 Å². The summed E-state index contributed by atoms with van der Waals surface area (Å²) in [5.41, 5.74) is 3.56. The summed E-state index contributed by atoms with van der Waals surface area (Å²) in [6, 6.07) is 19.2. The first-order chi connectivity index (χ1) is 27.8. The Kier molecular flexibility index (Phi) is 11.1. The summed E-state index contributed by atoms with van der Waals surface area (Å²) in [7, 11) is 6.38. The van der Waals surface area contributed by atoms with Crippen molar-refractivity contribution in [2.24, 2.45) is 5.92 Å². The molecule has 1 atom stereocenters. The molecule has 3 fully saturated rings. The van der Waals surface area contributed by atoms with Gasteiger partial charge in [-0.05, 0) is 92.9 Å². The molecule has 5 aromatic rings. The van der Waals surface area contributed by atoms with Gasteiger partial charge in [0.05, 0.1) is 34.4 Å². The second-order valence-electron chi connectivity index (χ2n) is 14.8. The van der Waals surface area contributed by atoms with Gasteiger partial charge in [0.25, 0.3) is 0 Å². The Morgan fingerprint density at radius 3 is 1.70 bits per heavy atom. The van der Waals surface area contributed by atoms with Crippen LogP contribution in [-0.4, -0.2) is 103 Å². The highest BCUT2D eigenvalue weighted by Crippen LogP contribution is 2.36. The predicted molar refractivity (Wildman–Crippen MR) is 208 cm³/mol. The molecular weight excluding hydrogens is 731 g/mol. The van der Waals surface area contributed by atoms with E-state index in [0.717, 1.165) is 49.3 Å². The highest BCUT2D eigenvalue weighted by Gasteiger charge is 2.39. The fourth-order valence-electron chi connectivity index (χ4n) is 8.09. The summed E-state index contributed by atoms with van der Waals surface area (Å²) in [5.74, 6) is 4.58. The van der Waals surface area contributed by atoms with Gasteiger partial charge in [-0.1, -0.05) is 22.4 Å². The number of carbonyl (C=O) groups excluding carboxylic acids is 2. The van der Waals surface area contributed by atoms with Crippen molar-refractivity contribution in [3.05, 3.63) is 78.0 Å². The van der Waals surface area contributed by atoms with Crippen LogP contribution in [0.2, 0.25) is 0 Å². The zero-order chi connectivity index (χ0) is 39.5. The highest BCUT2D eigenvalue weighted by atomic mass is 16.5. The molecule has 3 aliphatic rings. The van der Waals surface area contributed by atoms with Crippen LogP contribution < -0.4 is 23.8 Å². The molecule has 1 unspecified atom stereocenters. The smallest absolute Gasteiger partial charge is 0.230 e. The number of likely N-dealkylation sites (tertiary alicyclic amines) is 2. The fraction of sp³-hybridized carbons (Fsp3) is 0.429. The fourth-order valence-corrected chi connectivity index (χ4v) is 8.09. The van der Waals surface area contributed by atoms with E-state index in [1.165, 1.54) is 5.56 Å². The molecule has 0 aliphatic carbocycles. The van der Waals surface area contributed by atoms with Crippen LogP contribution in [0.25, 0.3) is 22.8 Å². The summed E-state index contributed by atoms with van der Waals surface area (Å²) < 4.78 is 32.9. The summed E-state index contributed by atoms with van der Waals surface area (Å²) >= 11 is 0. The van der Waals surface area contributed by atoms with Crippen LogP contribution in [0.15, 0.2) is 69.7 Å². The zero-order valence-electron chi connectivity index (χ0n) is 32.7. The van der Waals surface area contributed by atoms with Gasteiger partial charge < -0.3 is 37.8 Å². The monoisotopic (exact) mass is 777 g/mol. The zero-order valence-corrected chi connectivity index (χ0v) is 32.7. The molecule has 0 radical (unpaired) electrons. The highest BCUT2D eigenvalue weighted by molar-refractivity contribution is 6.00. The lowest BCUT2D eigenvalue weighted by Crippen LogP contribution is -2.42. The molecule has 298 valence electrons. The first-order valence-electron chi connectivity index (χ1n) is 19.4. The number of rotatable bonds is 12. The van der Waals surface area contributed by atoms with E-state index in [2.05, 4.69) is 32.3 Å². The van der Waals surface area contributed by atoms with Crippen molar-refractivity contribution >= 4 is 17.5 Å². The minimum Gasteiger partial charge on any atom is -0.493 e. The molecule has 0 N–H and O–H groups in total. The van der Waals surface area contributed by atoms with Crippen LogP contribution in [-0.2, 0) is 16.1 Å². The van der Waals surface area contributed by atoms with Crippen LogP contribution >= 0.6 is 0 Å². The average Bonchev–Trinajstić information content (AvgIpc) is 4.05. The lowest BCUT2D eigenvalue weighted by Gasteiger charge is -2.32. The first kappa shape index (κ1) is 37.9. The Morgan fingerprint density at radius 2 is 1.19 bits per heavy atom. The minimum absolute atomic E-state index is 0.0260. The molecule has 3 saturated heterocycles. The van der Waals surface area contributed by atoms with Crippen molar-refractivity contribution in [1.82, 2.24) is 30.1 Å². The van der Waals surface area contributed by atoms with Gasteiger partial charge in [-0.3, -0.25) is 14.5 Å². The van der Waals surface area contributed by atoms with Gasteiger partial charge in [-0.2, -0.15) is 9.97 Å². The van der Waals surface area contributed by atoms with Gasteiger partial charge in [-0.15, -0.1) is 0 Å². The Bertz CT molecular complexity index is 2190. The largest absolute Gasteiger partial charge is 0.493 e. The van der Waals surface area contributed by atoms with Crippen molar-refractivity contribution in [2.45, 2.75) is 50.5 Å². The van der Waals surface area contributed by atoms with Crippen molar-refractivity contribution < 1.29 is 37.6 Å². The molecule has 0 spiro atoms. The van der Waals surface area contributed by atoms with E-state index in [-0.39, 0.29) is 36.0 Å². The van der Waals surface area contributed by atoms with E-state index < -0.39 is 0 Å². The number of nitrogens with zero attached hydrogens (tertiary/aromatic N) is 7. The summed E-state index contributed by atoms with van der Waals surface area (Å²) in [6.45, 7) is 4.14. The summed E-state index contributed by atoms with van der Waals surface area (Å²) in [4.78, 5) is 42.2. The Labute approximate surface area is 330 Å². The van der Waals surface area contributed by atoms with Crippen molar-refractivity contribution in [2.75, 3.05) is 66.1 Å². The molecule has 15 heteroatoms. The molecular formula is C42H47N7O8. The maximum atomic E-state index is 13.6. The number of hydrogen-bond acceptors (Lipinski definition) is 13. The van der Waals surface area contributed by atoms with Crippen LogP contribution in [0.4, 0.5) is 5.69 Å².